The number of thioether (sulfide) groups is 1. The molecule has 35 heavy (non-hydrogen) atoms. The van der Waals surface area contributed by atoms with Crippen molar-refractivity contribution < 1.29 is 14.3 Å². The molecule has 186 valence electrons. The molecule has 2 aromatic carbocycles. The van der Waals surface area contributed by atoms with Crippen LogP contribution in [0.4, 0.5) is 5.69 Å². The molecule has 0 aliphatic rings. The maximum atomic E-state index is 12.5. The second kappa shape index (κ2) is 12.7. The molecule has 0 bridgehead atoms. The Labute approximate surface area is 218 Å². The van der Waals surface area contributed by atoms with Crippen molar-refractivity contribution in [3.05, 3.63) is 63.9 Å². The summed E-state index contributed by atoms with van der Waals surface area (Å²) in [7, 11) is 0. The second-order valence-electron chi connectivity index (χ2n) is 7.91. The number of hydrogen-bond acceptors (Lipinski definition) is 6. The van der Waals surface area contributed by atoms with Gasteiger partial charge >= 0.3 is 0 Å². The highest BCUT2D eigenvalue weighted by Crippen LogP contribution is 2.22. The van der Waals surface area contributed by atoms with Crippen LogP contribution in [0.25, 0.3) is 0 Å². The Morgan fingerprint density at radius 2 is 1.89 bits per heavy atom. The van der Waals surface area contributed by atoms with Crippen LogP contribution in [-0.4, -0.2) is 38.4 Å². The molecular weight excluding hydrogens is 530 g/mol. The normalized spacial score (nSPS) is 11.7. The molecule has 8 nitrogen and oxygen atoms in total. The zero-order valence-corrected chi connectivity index (χ0v) is 22.7. The van der Waals surface area contributed by atoms with Gasteiger partial charge in [0.2, 0.25) is 5.91 Å². The van der Waals surface area contributed by atoms with Gasteiger partial charge in [-0.25, -0.2) is 0 Å². The van der Waals surface area contributed by atoms with Crippen molar-refractivity contribution in [2.75, 3.05) is 11.1 Å². The van der Waals surface area contributed by atoms with E-state index in [9.17, 15) is 9.59 Å². The summed E-state index contributed by atoms with van der Waals surface area (Å²) in [6.45, 7) is 8.54. The molecule has 2 N–H and O–H groups in total. The summed E-state index contributed by atoms with van der Waals surface area (Å²) in [6.07, 6.45) is 0.296. The van der Waals surface area contributed by atoms with E-state index in [0.29, 0.717) is 23.3 Å². The lowest BCUT2D eigenvalue weighted by molar-refractivity contribution is -0.127. The van der Waals surface area contributed by atoms with Gasteiger partial charge in [-0.2, -0.15) is 0 Å². The standard InChI is InChI=1S/C25H30BrN5O3S/c1-5-18-7-10-20(11-8-18)34-17(4)24(33)27-14-22-29-30-25(31(22)6-2)35-15-23(32)28-21-12-9-19(26)13-16(21)3/h7-13,17H,5-6,14-15H2,1-4H3,(H,27,33)(H,28,32)/t17-/m0/s1. The van der Waals surface area contributed by atoms with Crippen LogP contribution in [0, 0.1) is 6.92 Å². The van der Waals surface area contributed by atoms with Gasteiger partial charge in [0.05, 0.1) is 12.3 Å². The Bertz CT molecular complexity index is 1170. The van der Waals surface area contributed by atoms with Crippen LogP contribution in [0.1, 0.15) is 37.7 Å². The van der Waals surface area contributed by atoms with Crippen molar-refractivity contribution in [1.29, 1.82) is 0 Å². The van der Waals surface area contributed by atoms with Gasteiger partial charge in [0.15, 0.2) is 17.1 Å². The number of nitrogens with zero attached hydrogens (tertiary/aromatic N) is 3. The number of ether oxygens (including phenoxy) is 1. The van der Waals surface area contributed by atoms with Crippen LogP contribution in [0.3, 0.4) is 0 Å². The Morgan fingerprint density at radius 1 is 1.14 bits per heavy atom. The quantitative estimate of drug-likeness (QED) is 0.329. The van der Waals surface area contributed by atoms with Crippen LogP contribution >= 0.6 is 27.7 Å². The highest BCUT2D eigenvalue weighted by Gasteiger charge is 2.18. The van der Waals surface area contributed by atoms with Crippen LogP contribution < -0.4 is 15.4 Å². The average Bonchev–Trinajstić information content (AvgIpc) is 3.25. The summed E-state index contributed by atoms with van der Waals surface area (Å²) < 4.78 is 8.60. The molecule has 0 fully saturated rings. The Balaban J connectivity index is 1.51. The zero-order chi connectivity index (χ0) is 25.4. The molecule has 0 saturated carbocycles. The highest BCUT2D eigenvalue weighted by atomic mass is 79.9. The third kappa shape index (κ3) is 7.57. The van der Waals surface area contributed by atoms with Crippen molar-refractivity contribution in [3.8, 4) is 5.75 Å². The number of rotatable bonds is 11. The Morgan fingerprint density at radius 3 is 2.54 bits per heavy atom. The molecule has 2 amide bonds. The van der Waals surface area contributed by atoms with E-state index in [0.717, 1.165) is 22.1 Å². The summed E-state index contributed by atoms with van der Waals surface area (Å²) in [5.41, 5.74) is 2.96. The summed E-state index contributed by atoms with van der Waals surface area (Å²) in [5, 5.41) is 14.8. The molecular formula is C25H30BrN5O3S. The molecule has 3 rings (SSSR count). The molecule has 0 aliphatic heterocycles. The van der Waals surface area contributed by atoms with Crippen LogP contribution in [-0.2, 0) is 29.1 Å². The fourth-order valence-corrected chi connectivity index (χ4v) is 4.63. The minimum Gasteiger partial charge on any atom is -0.481 e. The van der Waals surface area contributed by atoms with Gasteiger partial charge in [-0.3, -0.25) is 9.59 Å². The molecule has 0 radical (unpaired) electrons. The summed E-state index contributed by atoms with van der Waals surface area (Å²) in [6, 6.07) is 13.4. The molecule has 0 saturated heterocycles. The summed E-state index contributed by atoms with van der Waals surface area (Å²) in [4.78, 5) is 25.0. The van der Waals surface area contributed by atoms with Crippen molar-refractivity contribution in [1.82, 2.24) is 20.1 Å². The van der Waals surface area contributed by atoms with E-state index >= 15 is 0 Å². The third-order valence-electron chi connectivity index (χ3n) is 5.34. The number of anilines is 1. The van der Waals surface area contributed by atoms with Crippen molar-refractivity contribution in [2.24, 2.45) is 0 Å². The van der Waals surface area contributed by atoms with Gasteiger partial charge in [0.25, 0.3) is 5.91 Å². The summed E-state index contributed by atoms with van der Waals surface area (Å²) in [5.74, 6) is 1.10. The van der Waals surface area contributed by atoms with E-state index in [2.05, 4.69) is 43.7 Å². The number of halogens is 1. The lowest BCUT2D eigenvalue weighted by atomic mass is 10.2. The first-order valence-electron chi connectivity index (χ1n) is 11.4. The average molecular weight is 561 g/mol. The smallest absolute Gasteiger partial charge is 0.261 e. The van der Waals surface area contributed by atoms with E-state index in [1.807, 2.05) is 60.9 Å². The zero-order valence-electron chi connectivity index (χ0n) is 20.3. The first kappa shape index (κ1) is 26.7. The van der Waals surface area contributed by atoms with Gasteiger partial charge in [0, 0.05) is 16.7 Å². The summed E-state index contributed by atoms with van der Waals surface area (Å²) >= 11 is 4.73. The van der Waals surface area contributed by atoms with Crippen LogP contribution in [0.15, 0.2) is 52.1 Å². The van der Waals surface area contributed by atoms with Gasteiger partial charge < -0.3 is 19.9 Å². The minimum atomic E-state index is -0.653. The molecule has 1 atom stereocenters. The fraction of sp³-hybridized carbons (Fsp3) is 0.360. The number of carbonyl (C=O) groups is 2. The van der Waals surface area contributed by atoms with E-state index in [1.54, 1.807) is 6.92 Å². The van der Waals surface area contributed by atoms with Gasteiger partial charge in [0.1, 0.15) is 5.75 Å². The maximum Gasteiger partial charge on any atom is 0.261 e. The Kier molecular flexibility index (Phi) is 9.73. The van der Waals surface area contributed by atoms with Crippen LogP contribution in [0.5, 0.6) is 5.75 Å². The lowest BCUT2D eigenvalue weighted by Crippen LogP contribution is -2.36. The van der Waals surface area contributed by atoms with E-state index in [4.69, 9.17) is 4.74 Å². The Hall–Kier alpha value is -2.85. The van der Waals surface area contributed by atoms with Crippen molar-refractivity contribution >= 4 is 45.2 Å². The molecule has 0 spiro atoms. The number of aryl methyl sites for hydroxylation is 2. The number of aromatic nitrogens is 3. The van der Waals surface area contributed by atoms with E-state index < -0.39 is 6.10 Å². The highest BCUT2D eigenvalue weighted by molar-refractivity contribution is 9.10. The van der Waals surface area contributed by atoms with Gasteiger partial charge in [-0.05, 0) is 68.7 Å². The molecule has 3 aromatic rings. The van der Waals surface area contributed by atoms with Gasteiger partial charge in [-0.1, -0.05) is 46.7 Å². The SMILES string of the molecule is CCc1ccc(O[C@@H](C)C(=O)NCc2nnc(SCC(=O)Nc3ccc(Br)cc3C)n2CC)cc1. The second-order valence-corrected chi connectivity index (χ2v) is 9.77. The van der Waals surface area contributed by atoms with Crippen LogP contribution in [0.2, 0.25) is 0 Å². The fourth-order valence-electron chi connectivity index (χ4n) is 3.33. The minimum absolute atomic E-state index is 0.126. The lowest BCUT2D eigenvalue weighted by Gasteiger charge is -2.15. The topological polar surface area (TPSA) is 98.1 Å². The van der Waals surface area contributed by atoms with Crippen molar-refractivity contribution in [2.45, 2.75) is 58.5 Å². The molecule has 1 heterocycles. The van der Waals surface area contributed by atoms with E-state index in [1.165, 1.54) is 17.3 Å². The molecule has 1 aromatic heterocycles. The number of carbonyl (C=O) groups excluding carboxylic acids is 2. The molecule has 10 heteroatoms. The largest absolute Gasteiger partial charge is 0.481 e. The number of benzene rings is 2. The predicted octanol–water partition coefficient (Wildman–Crippen LogP) is 4.75. The van der Waals surface area contributed by atoms with Gasteiger partial charge in [-0.15, -0.1) is 10.2 Å². The first-order valence-corrected chi connectivity index (χ1v) is 13.2. The first-order chi connectivity index (χ1) is 16.8. The maximum absolute atomic E-state index is 12.5. The van der Waals surface area contributed by atoms with Crippen molar-refractivity contribution in [3.63, 3.8) is 0 Å². The molecule has 0 unspecified atom stereocenters. The number of nitrogens with one attached hydrogen (secondary N) is 2. The predicted molar refractivity (Wildman–Crippen MR) is 142 cm³/mol. The molecule has 0 aliphatic carbocycles. The van der Waals surface area contributed by atoms with E-state index in [-0.39, 0.29) is 24.1 Å². The number of amides is 2. The monoisotopic (exact) mass is 559 g/mol. The number of hydrogen-bond donors (Lipinski definition) is 2. The third-order valence-corrected chi connectivity index (χ3v) is 6.80.